The molecule has 0 aromatic heterocycles. The number of carbonyl (C=O) groups excluding carboxylic acids is 1. The molecule has 1 heterocycles. The van der Waals surface area contributed by atoms with E-state index in [2.05, 4.69) is 114 Å². The summed E-state index contributed by atoms with van der Waals surface area (Å²) in [5.41, 5.74) is 7.42. The van der Waals surface area contributed by atoms with E-state index >= 15 is 0 Å². The van der Waals surface area contributed by atoms with Gasteiger partial charge in [-0.15, -0.1) is 0 Å². The number of nitrogens with zero attached hydrogens (tertiary/aromatic N) is 1. The number of carbonyl (C=O) groups is 1. The van der Waals surface area contributed by atoms with Gasteiger partial charge in [-0.1, -0.05) is 97.9 Å². The van der Waals surface area contributed by atoms with E-state index in [1.807, 2.05) is 18.2 Å². The standard InChI is InChI=1S/C45H53N3O4/c1-30-41(28-48(2)27-31-8-4-3-5-9-31)51-43(52-42(30)37-16-14-32(29-49)15-17-37)40-13-7-12-39(22-40)38-11-6-10-33(21-38)26-46-44(50)47-45-23-34-18-35(24-45)20-36(19-34)25-45/h3-17,21-22,30,34-36,41-43,49H,18-20,23-29H2,1-2H3,(H2,46,47,50). The lowest BCUT2D eigenvalue weighted by molar-refractivity contribution is -0.276. The molecule has 5 fully saturated rings. The summed E-state index contributed by atoms with van der Waals surface area (Å²) in [5, 5.41) is 16.3. The highest BCUT2D eigenvalue weighted by Gasteiger charge is 2.51. The minimum Gasteiger partial charge on any atom is -0.392 e. The fourth-order valence-electron chi connectivity index (χ4n) is 10.1. The molecule has 1 saturated heterocycles. The summed E-state index contributed by atoms with van der Waals surface area (Å²) in [4.78, 5) is 15.5. The zero-order valence-electron chi connectivity index (χ0n) is 30.5. The van der Waals surface area contributed by atoms with E-state index in [0.717, 1.165) is 83.5 Å². The second-order valence-corrected chi connectivity index (χ2v) is 16.3. The summed E-state index contributed by atoms with van der Waals surface area (Å²) >= 11 is 0. The third kappa shape index (κ3) is 7.84. The van der Waals surface area contributed by atoms with Gasteiger partial charge in [0.1, 0.15) is 0 Å². The van der Waals surface area contributed by atoms with Crippen LogP contribution in [0, 0.1) is 23.7 Å². The van der Waals surface area contributed by atoms with Crippen LogP contribution < -0.4 is 10.6 Å². The van der Waals surface area contributed by atoms with Crippen molar-refractivity contribution in [3.8, 4) is 11.1 Å². The van der Waals surface area contributed by atoms with Crippen LogP contribution >= 0.6 is 0 Å². The van der Waals surface area contributed by atoms with E-state index in [9.17, 15) is 9.90 Å². The highest BCUT2D eigenvalue weighted by Crippen LogP contribution is 2.55. The molecular formula is C45H53N3O4. The van der Waals surface area contributed by atoms with Gasteiger partial charge in [-0.05, 0) is 109 Å². The Labute approximate surface area is 308 Å². The first kappa shape index (κ1) is 35.0. The lowest BCUT2D eigenvalue weighted by Crippen LogP contribution is -2.61. The Kier molecular flexibility index (Phi) is 10.2. The van der Waals surface area contributed by atoms with Crippen LogP contribution in [0.25, 0.3) is 11.1 Å². The van der Waals surface area contributed by atoms with Gasteiger partial charge in [0, 0.05) is 36.7 Å². The van der Waals surface area contributed by atoms with Gasteiger partial charge >= 0.3 is 6.03 Å². The smallest absolute Gasteiger partial charge is 0.315 e. The molecule has 4 unspecified atom stereocenters. The van der Waals surface area contributed by atoms with Crippen molar-refractivity contribution in [3.63, 3.8) is 0 Å². The highest BCUT2D eigenvalue weighted by atomic mass is 16.7. The number of benzene rings is 4. The second kappa shape index (κ2) is 15.2. The fourth-order valence-corrected chi connectivity index (χ4v) is 10.1. The lowest BCUT2D eigenvalue weighted by Gasteiger charge is -2.56. The summed E-state index contributed by atoms with van der Waals surface area (Å²) in [5.74, 6) is 2.48. The second-order valence-electron chi connectivity index (χ2n) is 16.3. The first-order chi connectivity index (χ1) is 25.3. The molecule has 3 N–H and O–H groups in total. The predicted octanol–water partition coefficient (Wildman–Crippen LogP) is 8.54. The minimum atomic E-state index is -0.549. The van der Waals surface area contributed by atoms with Crippen LogP contribution in [-0.2, 0) is 29.2 Å². The number of hydrogen-bond donors (Lipinski definition) is 3. The van der Waals surface area contributed by atoms with Gasteiger partial charge in [0.2, 0.25) is 0 Å². The van der Waals surface area contributed by atoms with Crippen molar-refractivity contribution in [2.75, 3.05) is 13.6 Å². The average Bonchev–Trinajstić information content (AvgIpc) is 3.15. The maximum Gasteiger partial charge on any atom is 0.315 e. The van der Waals surface area contributed by atoms with Crippen LogP contribution in [0.4, 0.5) is 4.79 Å². The number of amides is 2. The Morgan fingerprint density at radius 3 is 2.12 bits per heavy atom. The average molecular weight is 700 g/mol. The Morgan fingerprint density at radius 1 is 0.769 bits per heavy atom. The van der Waals surface area contributed by atoms with Gasteiger partial charge in [-0.2, -0.15) is 0 Å². The normalized spacial score (nSPS) is 29.3. The summed E-state index contributed by atoms with van der Waals surface area (Å²) in [7, 11) is 2.15. The minimum absolute atomic E-state index is 0.000378. The molecule has 4 atom stereocenters. The van der Waals surface area contributed by atoms with Crippen molar-refractivity contribution in [1.29, 1.82) is 0 Å². The summed E-state index contributed by atoms with van der Waals surface area (Å²) in [6.07, 6.45) is 6.73. The Balaban J connectivity index is 0.966. The predicted molar refractivity (Wildman–Crippen MR) is 204 cm³/mol. The lowest BCUT2D eigenvalue weighted by atomic mass is 9.53. The number of aliphatic hydroxyl groups excluding tert-OH is 1. The maximum absolute atomic E-state index is 13.2. The number of urea groups is 1. The van der Waals surface area contributed by atoms with Crippen LogP contribution in [0.2, 0.25) is 0 Å². The summed E-state index contributed by atoms with van der Waals surface area (Å²) < 4.78 is 13.6. The van der Waals surface area contributed by atoms with E-state index in [1.54, 1.807) is 0 Å². The van der Waals surface area contributed by atoms with Crippen LogP contribution in [0.1, 0.15) is 85.7 Å². The van der Waals surface area contributed by atoms with Crippen molar-refractivity contribution in [2.24, 2.45) is 23.7 Å². The SMILES string of the molecule is CC1C(CN(C)Cc2ccccc2)OC(c2cccc(-c3cccc(CNC(=O)NC45CC6CC(CC(C6)C4)C5)c3)c2)OC1c1ccc(CO)cc1. The van der Waals surface area contributed by atoms with E-state index in [4.69, 9.17) is 9.47 Å². The van der Waals surface area contributed by atoms with Gasteiger partial charge in [-0.3, -0.25) is 4.90 Å². The fraction of sp³-hybridized carbons (Fsp3) is 0.444. The quantitative estimate of drug-likeness (QED) is 0.146. The molecule has 2 amide bonds. The topological polar surface area (TPSA) is 83.1 Å². The molecule has 0 spiro atoms. The summed E-state index contributed by atoms with van der Waals surface area (Å²) in [6.45, 7) is 4.29. The number of rotatable bonds is 11. The maximum atomic E-state index is 13.2. The molecule has 9 rings (SSSR count). The Bertz CT molecular complexity index is 1790. The molecule has 4 saturated carbocycles. The van der Waals surface area contributed by atoms with Gasteiger partial charge in [0.25, 0.3) is 0 Å². The largest absolute Gasteiger partial charge is 0.392 e. The van der Waals surface area contributed by atoms with E-state index in [1.165, 1.54) is 24.8 Å². The van der Waals surface area contributed by atoms with Crippen LogP contribution in [0.5, 0.6) is 0 Å². The van der Waals surface area contributed by atoms with E-state index in [0.29, 0.717) is 6.54 Å². The molecule has 4 aliphatic carbocycles. The van der Waals surface area contributed by atoms with Crippen molar-refractivity contribution >= 4 is 6.03 Å². The third-order valence-corrected chi connectivity index (χ3v) is 12.2. The molecule has 4 aromatic carbocycles. The van der Waals surface area contributed by atoms with Crippen LogP contribution in [-0.4, -0.2) is 41.3 Å². The molecule has 272 valence electrons. The zero-order valence-corrected chi connectivity index (χ0v) is 30.5. The first-order valence-electron chi connectivity index (χ1n) is 19.3. The molecule has 5 aliphatic rings. The molecular weight excluding hydrogens is 647 g/mol. The van der Waals surface area contributed by atoms with Crippen LogP contribution in [0.3, 0.4) is 0 Å². The van der Waals surface area contributed by atoms with E-state index < -0.39 is 6.29 Å². The van der Waals surface area contributed by atoms with Crippen molar-refractivity contribution < 1.29 is 19.4 Å². The first-order valence-corrected chi connectivity index (χ1v) is 19.3. The van der Waals surface area contributed by atoms with Gasteiger partial charge in [0.15, 0.2) is 6.29 Å². The van der Waals surface area contributed by atoms with Crippen molar-refractivity contribution in [3.05, 3.63) is 131 Å². The van der Waals surface area contributed by atoms with Crippen LogP contribution in [0.15, 0.2) is 103 Å². The molecule has 7 heteroatoms. The van der Waals surface area contributed by atoms with E-state index in [-0.39, 0.29) is 36.3 Å². The number of aliphatic hydroxyl groups is 1. The molecule has 7 nitrogen and oxygen atoms in total. The number of likely N-dealkylation sites (N-methyl/N-ethyl adjacent to an activating group) is 1. The Morgan fingerprint density at radius 2 is 1.42 bits per heavy atom. The molecule has 4 bridgehead atoms. The zero-order chi connectivity index (χ0) is 35.7. The molecule has 1 aliphatic heterocycles. The summed E-state index contributed by atoms with van der Waals surface area (Å²) in [6, 6.07) is 35.5. The number of ether oxygens (including phenoxy) is 2. The third-order valence-electron chi connectivity index (χ3n) is 12.2. The molecule has 0 radical (unpaired) electrons. The number of hydrogen-bond acceptors (Lipinski definition) is 5. The monoisotopic (exact) mass is 699 g/mol. The van der Waals surface area contributed by atoms with Gasteiger partial charge < -0.3 is 25.2 Å². The molecule has 52 heavy (non-hydrogen) atoms. The van der Waals surface area contributed by atoms with Crippen molar-refractivity contribution in [1.82, 2.24) is 15.5 Å². The molecule has 4 aromatic rings. The van der Waals surface area contributed by atoms with Crippen molar-refractivity contribution in [2.45, 2.75) is 89.2 Å². The number of nitrogens with one attached hydrogen (secondary N) is 2. The van der Waals surface area contributed by atoms with Gasteiger partial charge in [-0.25, -0.2) is 4.79 Å². The van der Waals surface area contributed by atoms with Gasteiger partial charge in [0.05, 0.1) is 18.8 Å². The Hall–Kier alpha value is -4.01. The highest BCUT2D eigenvalue weighted by molar-refractivity contribution is 5.75.